The second-order valence-electron chi connectivity index (χ2n) is 10.0. The number of hydrogen-bond acceptors (Lipinski definition) is 7. The molecule has 0 aromatic heterocycles. The van der Waals surface area contributed by atoms with Crippen LogP contribution in [0.1, 0.15) is 60.8 Å². The van der Waals surface area contributed by atoms with E-state index >= 15 is 0 Å². The fourth-order valence-electron chi connectivity index (χ4n) is 4.85. The molecular weight excluding hydrogens is 488 g/mol. The van der Waals surface area contributed by atoms with E-state index < -0.39 is 12.3 Å². The minimum absolute atomic E-state index is 0.00187. The van der Waals surface area contributed by atoms with E-state index in [0.717, 1.165) is 55.1 Å². The van der Waals surface area contributed by atoms with Gasteiger partial charge in [0.25, 0.3) is 0 Å². The lowest BCUT2D eigenvalue weighted by molar-refractivity contribution is -0.277. The maximum atomic E-state index is 12.0. The Kier molecular flexibility index (Phi) is 10.3. The van der Waals surface area contributed by atoms with E-state index in [1.807, 2.05) is 48.5 Å². The third-order valence-corrected chi connectivity index (χ3v) is 7.20. The molecule has 206 valence electrons. The smallest absolute Gasteiger partial charge is 0.303 e. The SMILES string of the molecule is CC1C(CN2CCOCC2)OC(c2ccc(CNC(=O)CCCC(=O)O)cc2)OC1c1ccc(CO)cc1. The van der Waals surface area contributed by atoms with Crippen LogP contribution < -0.4 is 5.32 Å². The molecule has 0 radical (unpaired) electrons. The molecule has 0 bridgehead atoms. The Morgan fingerprint density at radius 1 is 0.947 bits per heavy atom. The molecule has 2 aliphatic heterocycles. The van der Waals surface area contributed by atoms with Crippen LogP contribution in [0.25, 0.3) is 0 Å². The first kappa shape index (κ1) is 28.2. The third kappa shape index (κ3) is 7.85. The average molecular weight is 527 g/mol. The molecular formula is C29H38N2O7. The number of hydrogen-bond donors (Lipinski definition) is 3. The monoisotopic (exact) mass is 526 g/mol. The van der Waals surface area contributed by atoms with Crippen molar-refractivity contribution in [2.24, 2.45) is 5.92 Å². The number of nitrogens with one attached hydrogen (secondary N) is 1. The highest BCUT2D eigenvalue weighted by atomic mass is 16.7. The molecule has 4 atom stereocenters. The molecule has 0 spiro atoms. The van der Waals surface area contributed by atoms with Crippen LogP contribution in [0.2, 0.25) is 0 Å². The fraction of sp³-hybridized carbons (Fsp3) is 0.517. The van der Waals surface area contributed by atoms with Gasteiger partial charge in [0.05, 0.1) is 32.0 Å². The molecule has 4 unspecified atom stereocenters. The molecule has 2 aromatic carbocycles. The minimum atomic E-state index is -0.897. The molecule has 9 nitrogen and oxygen atoms in total. The molecule has 2 heterocycles. The van der Waals surface area contributed by atoms with Crippen molar-refractivity contribution >= 4 is 11.9 Å². The third-order valence-electron chi connectivity index (χ3n) is 7.20. The Hall–Kier alpha value is -2.82. The van der Waals surface area contributed by atoms with E-state index in [4.69, 9.17) is 19.3 Å². The molecule has 2 aromatic rings. The van der Waals surface area contributed by atoms with Crippen molar-refractivity contribution in [3.05, 3.63) is 70.8 Å². The highest BCUT2D eigenvalue weighted by molar-refractivity contribution is 5.76. The summed E-state index contributed by atoms with van der Waals surface area (Å²) in [4.78, 5) is 25.0. The quantitative estimate of drug-likeness (QED) is 0.409. The van der Waals surface area contributed by atoms with Crippen LogP contribution in [0.4, 0.5) is 0 Å². The summed E-state index contributed by atoms with van der Waals surface area (Å²) < 4.78 is 18.6. The van der Waals surface area contributed by atoms with Crippen LogP contribution in [0.5, 0.6) is 0 Å². The van der Waals surface area contributed by atoms with Gasteiger partial charge in [0.1, 0.15) is 0 Å². The number of carboxylic acid groups (broad SMARTS) is 1. The summed E-state index contributed by atoms with van der Waals surface area (Å²) in [5.74, 6) is -0.944. The Labute approximate surface area is 223 Å². The van der Waals surface area contributed by atoms with E-state index in [9.17, 15) is 14.7 Å². The Bertz CT molecular complexity index is 1040. The fourth-order valence-corrected chi connectivity index (χ4v) is 4.85. The zero-order chi connectivity index (χ0) is 26.9. The highest BCUT2D eigenvalue weighted by Gasteiger charge is 2.39. The van der Waals surface area contributed by atoms with Gasteiger partial charge in [0, 0.05) is 50.5 Å². The van der Waals surface area contributed by atoms with Gasteiger partial charge in [-0.15, -0.1) is 0 Å². The summed E-state index contributed by atoms with van der Waals surface area (Å²) in [6.45, 7) is 6.54. The maximum Gasteiger partial charge on any atom is 0.303 e. The molecule has 0 saturated carbocycles. The van der Waals surface area contributed by atoms with Gasteiger partial charge in [-0.1, -0.05) is 55.5 Å². The molecule has 0 aliphatic carbocycles. The van der Waals surface area contributed by atoms with E-state index in [0.29, 0.717) is 13.0 Å². The first-order chi connectivity index (χ1) is 18.4. The van der Waals surface area contributed by atoms with Gasteiger partial charge in [-0.3, -0.25) is 14.5 Å². The van der Waals surface area contributed by atoms with E-state index in [2.05, 4.69) is 17.1 Å². The van der Waals surface area contributed by atoms with Gasteiger partial charge >= 0.3 is 5.97 Å². The van der Waals surface area contributed by atoms with Crippen molar-refractivity contribution in [2.75, 3.05) is 32.8 Å². The summed E-state index contributed by atoms with van der Waals surface area (Å²) in [7, 11) is 0. The van der Waals surface area contributed by atoms with Crippen molar-refractivity contribution in [3.63, 3.8) is 0 Å². The Morgan fingerprint density at radius 3 is 2.26 bits per heavy atom. The summed E-state index contributed by atoms with van der Waals surface area (Å²) >= 11 is 0. The normalized spacial score (nSPS) is 24.2. The zero-order valence-electron chi connectivity index (χ0n) is 21.9. The summed E-state index contributed by atoms with van der Waals surface area (Å²) in [5.41, 5.74) is 3.75. The number of carboxylic acids is 1. The predicted octanol–water partition coefficient (Wildman–Crippen LogP) is 3.17. The molecule has 4 rings (SSSR count). The second kappa shape index (κ2) is 13.8. The Balaban J connectivity index is 1.43. The number of carbonyl (C=O) groups excluding carboxylic acids is 1. The van der Waals surface area contributed by atoms with Gasteiger partial charge in [-0.25, -0.2) is 0 Å². The minimum Gasteiger partial charge on any atom is -0.481 e. The van der Waals surface area contributed by atoms with Crippen LogP contribution >= 0.6 is 0 Å². The van der Waals surface area contributed by atoms with Crippen LogP contribution in [0.3, 0.4) is 0 Å². The topological polar surface area (TPSA) is 118 Å². The average Bonchev–Trinajstić information content (AvgIpc) is 2.94. The first-order valence-corrected chi connectivity index (χ1v) is 13.3. The number of rotatable bonds is 11. The van der Waals surface area contributed by atoms with Gasteiger partial charge in [0.15, 0.2) is 6.29 Å². The van der Waals surface area contributed by atoms with E-state index in [1.165, 1.54) is 0 Å². The van der Waals surface area contributed by atoms with Gasteiger partial charge in [-0.05, 0) is 23.1 Å². The van der Waals surface area contributed by atoms with Crippen molar-refractivity contribution in [1.82, 2.24) is 10.2 Å². The van der Waals surface area contributed by atoms with Crippen LogP contribution in [-0.2, 0) is 37.0 Å². The van der Waals surface area contributed by atoms with Crippen molar-refractivity contribution in [1.29, 1.82) is 0 Å². The summed E-state index contributed by atoms with van der Waals surface area (Å²) in [6.07, 6.45) is -0.251. The van der Waals surface area contributed by atoms with Crippen molar-refractivity contribution < 1.29 is 34.0 Å². The highest BCUT2D eigenvalue weighted by Crippen LogP contribution is 2.41. The molecule has 2 saturated heterocycles. The predicted molar refractivity (Wildman–Crippen MR) is 140 cm³/mol. The number of ether oxygens (including phenoxy) is 3. The van der Waals surface area contributed by atoms with Crippen LogP contribution in [0.15, 0.2) is 48.5 Å². The van der Waals surface area contributed by atoms with Gasteiger partial charge in [0.2, 0.25) is 5.91 Å². The van der Waals surface area contributed by atoms with E-state index in [-0.39, 0.29) is 43.5 Å². The molecule has 2 fully saturated rings. The lowest BCUT2D eigenvalue weighted by Gasteiger charge is -2.43. The van der Waals surface area contributed by atoms with Crippen molar-refractivity contribution in [2.45, 2.75) is 57.8 Å². The maximum absolute atomic E-state index is 12.0. The number of nitrogens with zero attached hydrogens (tertiary/aromatic N) is 1. The number of aliphatic hydroxyl groups is 1. The van der Waals surface area contributed by atoms with Crippen molar-refractivity contribution in [3.8, 4) is 0 Å². The first-order valence-electron chi connectivity index (χ1n) is 13.3. The van der Waals surface area contributed by atoms with Crippen LogP contribution in [-0.4, -0.2) is 65.9 Å². The van der Waals surface area contributed by atoms with Gasteiger partial charge in [-0.2, -0.15) is 0 Å². The number of morpholine rings is 1. The molecule has 1 amide bonds. The number of aliphatic hydroxyl groups excluding tert-OH is 1. The number of benzene rings is 2. The van der Waals surface area contributed by atoms with E-state index in [1.54, 1.807) is 0 Å². The molecule has 3 N–H and O–H groups in total. The number of amides is 1. The lowest BCUT2D eigenvalue weighted by atomic mass is 9.90. The number of aliphatic carboxylic acids is 1. The second-order valence-corrected chi connectivity index (χ2v) is 10.0. The molecule has 2 aliphatic rings. The van der Waals surface area contributed by atoms with Crippen LogP contribution in [0, 0.1) is 5.92 Å². The standard InChI is InChI=1S/C29H38N2O7/c1-20-25(18-31-13-15-36-16-14-31)37-29(38-28(20)23-9-7-22(19-32)8-10-23)24-11-5-21(6-12-24)17-30-26(33)3-2-4-27(34)35/h5-12,20,25,28-29,32H,2-4,13-19H2,1H3,(H,30,33)(H,34,35). The largest absolute Gasteiger partial charge is 0.481 e. The molecule has 9 heteroatoms. The number of carbonyl (C=O) groups is 2. The molecule has 38 heavy (non-hydrogen) atoms. The lowest BCUT2D eigenvalue weighted by Crippen LogP contribution is -2.47. The summed E-state index contributed by atoms with van der Waals surface area (Å²) in [5, 5.41) is 21.0. The zero-order valence-corrected chi connectivity index (χ0v) is 21.9. The summed E-state index contributed by atoms with van der Waals surface area (Å²) in [6, 6.07) is 15.7. The van der Waals surface area contributed by atoms with Gasteiger partial charge < -0.3 is 29.7 Å². The Morgan fingerprint density at radius 2 is 1.61 bits per heavy atom.